The number of carbonyl (C=O) groups is 1. The fraction of sp³-hybridized carbons (Fsp3) is 0.571. The van der Waals surface area contributed by atoms with Gasteiger partial charge in [-0.05, 0) is 44.7 Å². The third-order valence-corrected chi connectivity index (χ3v) is 6.45. The molecule has 2 aliphatic carbocycles. The molecule has 1 aromatic rings. The van der Waals surface area contributed by atoms with Crippen molar-refractivity contribution in [3.05, 3.63) is 29.1 Å². The van der Waals surface area contributed by atoms with Crippen molar-refractivity contribution >= 4 is 16.0 Å². The number of pyridine rings is 1. The summed E-state index contributed by atoms with van der Waals surface area (Å²) in [6.45, 7) is 1.84. The molecule has 0 aliphatic heterocycles. The number of aromatic nitrogens is 1. The zero-order valence-electron chi connectivity index (χ0n) is 11.8. The first-order valence-electron chi connectivity index (χ1n) is 7.05. The van der Waals surface area contributed by atoms with Crippen LogP contribution < -0.4 is 4.72 Å². The van der Waals surface area contributed by atoms with Crippen molar-refractivity contribution < 1.29 is 18.3 Å². The number of hydrogen-bond donors (Lipinski definition) is 2. The van der Waals surface area contributed by atoms with Gasteiger partial charge < -0.3 is 5.11 Å². The molecule has 1 aromatic heterocycles. The van der Waals surface area contributed by atoms with E-state index in [9.17, 15) is 13.2 Å². The molecule has 21 heavy (non-hydrogen) atoms. The highest BCUT2D eigenvalue weighted by Crippen LogP contribution is 2.42. The number of nitrogens with one attached hydrogen (secondary N) is 1. The summed E-state index contributed by atoms with van der Waals surface area (Å²) in [6, 6.07) is 3.10. The van der Waals surface area contributed by atoms with Gasteiger partial charge in [0.1, 0.15) is 0 Å². The van der Waals surface area contributed by atoms with Crippen molar-refractivity contribution in [2.45, 2.75) is 49.8 Å². The van der Waals surface area contributed by atoms with Gasteiger partial charge in [0.15, 0.2) is 0 Å². The minimum absolute atomic E-state index is 0.109. The van der Waals surface area contributed by atoms with E-state index < -0.39 is 20.7 Å². The smallest absolute Gasteiger partial charge is 0.337 e. The van der Waals surface area contributed by atoms with E-state index in [4.69, 9.17) is 5.11 Å². The molecule has 2 aliphatic rings. The summed E-state index contributed by atoms with van der Waals surface area (Å²) in [5.74, 6) is -0.782. The van der Waals surface area contributed by atoms with Gasteiger partial charge in [0, 0.05) is 5.92 Å². The maximum atomic E-state index is 12.1. The summed E-state index contributed by atoms with van der Waals surface area (Å²) in [6.07, 6.45) is 3.25. The van der Waals surface area contributed by atoms with Crippen LogP contribution in [0.1, 0.15) is 60.3 Å². The highest BCUT2D eigenvalue weighted by Gasteiger charge is 2.49. The topological polar surface area (TPSA) is 96.4 Å². The molecule has 0 saturated heterocycles. The van der Waals surface area contributed by atoms with E-state index in [0.717, 1.165) is 12.8 Å². The molecular formula is C14H18N2O4S. The van der Waals surface area contributed by atoms with Crippen LogP contribution in [0.2, 0.25) is 0 Å². The molecule has 0 unspecified atom stereocenters. The fourth-order valence-corrected chi connectivity index (χ4v) is 3.58. The van der Waals surface area contributed by atoms with Crippen LogP contribution in [0, 0.1) is 0 Å². The van der Waals surface area contributed by atoms with E-state index in [1.807, 2.05) is 0 Å². The van der Waals surface area contributed by atoms with E-state index in [1.54, 1.807) is 13.0 Å². The van der Waals surface area contributed by atoms with Crippen molar-refractivity contribution in [3.8, 4) is 0 Å². The van der Waals surface area contributed by atoms with E-state index in [0.29, 0.717) is 24.2 Å². The Kier molecular flexibility index (Phi) is 3.29. The second-order valence-electron chi connectivity index (χ2n) is 6.09. The van der Waals surface area contributed by atoms with Crippen LogP contribution in [-0.4, -0.2) is 29.2 Å². The minimum Gasteiger partial charge on any atom is -0.478 e. The quantitative estimate of drug-likeness (QED) is 0.832. The molecule has 2 fully saturated rings. The second-order valence-corrected chi connectivity index (χ2v) is 8.37. The predicted molar refractivity (Wildman–Crippen MR) is 76.6 cm³/mol. The lowest BCUT2D eigenvalue weighted by atomic mass is 10.1. The normalized spacial score (nSPS) is 20.2. The molecule has 0 aromatic carbocycles. The van der Waals surface area contributed by atoms with E-state index in [1.165, 1.54) is 6.07 Å². The average Bonchev–Trinajstić information content (AvgIpc) is 3.30. The molecule has 114 valence electrons. The van der Waals surface area contributed by atoms with Crippen LogP contribution in [0.25, 0.3) is 0 Å². The molecule has 0 radical (unpaired) electrons. The first kappa shape index (κ1) is 14.5. The summed E-state index contributed by atoms with van der Waals surface area (Å²) >= 11 is 0. The number of hydrogen-bond acceptors (Lipinski definition) is 4. The molecule has 7 heteroatoms. The van der Waals surface area contributed by atoms with E-state index >= 15 is 0 Å². The van der Waals surface area contributed by atoms with Crippen LogP contribution in [-0.2, 0) is 16.6 Å². The predicted octanol–water partition coefficient (Wildman–Crippen LogP) is 1.63. The Hall–Kier alpha value is -1.47. The highest BCUT2D eigenvalue weighted by molar-refractivity contribution is 7.91. The Balaban J connectivity index is 1.77. The molecule has 0 amide bonds. The monoisotopic (exact) mass is 310 g/mol. The van der Waals surface area contributed by atoms with Gasteiger partial charge in [0.2, 0.25) is 10.0 Å². The van der Waals surface area contributed by atoms with Crippen LogP contribution in [0.15, 0.2) is 12.1 Å². The largest absolute Gasteiger partial charge is 0.478 e. The molecule has 0 spiro atoms. The number of carboxylic acid groups (broad SMARTS) is 1. The number of nitrogens with zero attached hydrogens (tertiary/aromatic N) is 1. The Morgan fingerprint density at radius 1 is 1.43 bits per heavy atom. The first-order valence-corrected chi connectivity index (χ1v) is 8.53. The Bertz CT molecular complexity index is 691. The van der Waals surface area contributed by atoms with Crippen molar-refractivity contribution in [3.63, 3.8) is 0 Å². The number of carboxylic acids is 1. The van der Waals surface area contributed by atoms with Crippen LogP contribution in [0.4, 0.5) is 0 Å². The summed E-state index contributed by atoms with van der Waals surface area (Å²) in [7, 11) is -3.34. The van der Waals surface area contributed by atoms with Gasteiger partial charge in [0.25, 0.3) is 0 Å². The zero-order valence-corrected chi connectivity index (χ0v) is 12.6. The first-order chi connectivity index (χ1) is 9.82. The zero-order chi connectivity index (χ0) is 15.3. The molecule has 2 saturated carbocycles. The lowest BCUT2D eigenvalue weighted by Gasteiger charge is -2.12. The summed E-state index contributed by atoms with van der Waals surface area (Å²) in [4.78, 5) is 15.5. The summed E-state index contributed by atoms with van der Waals surface area (Å²) < 4.78 is 26.1. The van der Waals surface area contributed by atoms with Gasteiger partial charge >= 0.3 is 5.97 Å². The summed E-state index contributed by atoms with van der Waals surface area (Å²) in [5, 5.41) is 9.16. The van der Waals surface area contributed by atoms with Gasteiger partial charge in [-0.25, -0.2) is 17.9 Å². The lowest BCUT2D eigenvalue weighted by Crippen LogP contribution is -2.33. The SMILES string of the molecule is CC1(S(=O)(=O)NCc2ccc(C(=O)O)c(C3CC3)n2)CC1. The van der Waals surface area contributed by atoms with Crippen LogP contribution in [0.3, 0.4) is 0 Å². The van der Waals surface area contributed by atoms with Crippen LogP contribution >= 0.6 is 0 Å². The van der Waals surface area contributed by atoms with E-state index in [2.05, 4.69) is 9.71 Å². The lowest BCUT2D eigenvalue weighted by molar-refractivity contribution is 0.0695. The Labute approximate surface area is 123 Å². The average molecular weight is 310 g/mol. The molecule has 1 heterocycles. The molecule has 2 N–H and O–H groups in total. The molecule has 3 rings (SSSR count). The van der Waals surface area contributed by atoms with Gasteiger partial charge in [-0.2, -0.15) is 0 Å². The highest BCUT2D eigenvalue weighted by atomic mass is 32.2. The Morgan fingerprint density at radius 2 is 2.10 bits per heavy atom. The minimum atomic E-state index is -3.34. The standard InChI is InChI=1S/C14H18N2O4S/c1-14(6-7-14)21(19,20)15-8-10-4-5-11(13(17)18)12(16-10)9-2-3-9/h4-5,9,15H,2-3,6-8H2,1H3,(H,17,18). The molecule has 6 nitrogen and oxygen atoms in total. The number of rotatable bonds is 6. The van der Waals surface area contributed by atoms with Gasteiger partial charge in [0.05, 0.1) is 28.2 Å². The van der Waals surface area contributed by atoms with Gasteiger partial charge in [-0.1, -0.05) is 0 Å². The maximum absolute atomic E-state index is 12.1. The number of aromatic carboxylic acids is 1. The van der Waals surface area contributed by atoms with Gasteiger partial charge in [-0.15, -0.1) is 0 Å². The van der Waals surface area contributed by atoms with Crippen molar-refractivity contribution in [2.75, 3.05) is 0 Å². The van der Waals surface area contributed by atoms with Crippen molar-refractivity contribution in [1.82, 2.24) is 9.71 Å². The van der Waals surface area contributed by atoms with Crippen molar-refractivity contribution in [2.24, 2.45) is 0 Å². The third-order valence-electron chi connectivity index (χ3n) is 4.22. The van der Waals surface area contributed by atoms with Crippen LogP contribution in [0.5, 0.6) is 0 Å². The van der Waals surface area contributed by atoms with Gasteiger partial charge in [-0.3, -0.25) is 4.98 Å². The summed E-state index contributed by atoms with van der Waals surface area (Å²) in [5.41, 5.74) is 1.37. The van der Waals surface area contributed by atoms with E-state index in [-0.39, 0.29) is 18.0 Å². The molecular weight excluding hydrogens is 292 g/mol. The maximum Gasteiger partial charge on any atom is 0.337 e. The van der Waals surface area contributed by atoms with Crippen molar-refractivity contribution in [1.29, 1.82) is 0 Å². The Morgan fingerprint density at radius 3 is 2.62 bits per heavy atom. The number of sulfonamides is 1. The second kappa shape index (κ2) is 4.78. The molecule has 0 bridgehead atoms. The fourth-order valence-electron chi connectivity index (χ4n) is 2.25. The third kappa shape index (κ3) is 2.80. The molecule has 0 atom stereocenters.